The van der Waals surface area contributed by atoms with E-state index in [-0.39, 0.29) is 30.6 Å². The maximum atomic E-state index is 13.7. The molecular formula is C41H52N8O7. The van der Waals surface area contributed by atoms with Gasteiger partial charge in [-0.2, -0.15) is 0 Å². The predicted octanol–water partition coefficient (Wildman–Crippen LogP) is 5.56. The number of rotatable bonds is 10. The quantitative estimate of drug-likeness (QED) is 0.137. The number of hydrogen-bond acceptors (Lipinski definition) is 10. The van der Waals surface area contributed by atoms with Gasteiger partial charge >= 0.3 is 6.09 Å². The summed E-state index contributed by atoms with van der Waals surface area (Å²) in [5.74, 6) is 1.21. The number of aromatic nitrogens is 4. The van der Waals surface area contributed by atoms with Gasteiger partial charge in [0.15, 0.2) is 6.79 Å². The number of likely N-dealkylation sites (tertiary alicyclic amines) is 1. The van der Waals surface area contributed by atoms with Gasteiger partial charge in [-0.25, -0.2) is 14.8 Å². The van der Waals surface area contributed by atoms with Crippen LogP contribution in [0.2, 0.25) is 0 Å². The number of imidazole rings is 2. The molecule has 5 heterocycles. The van der Waals surface area contributed by atoms with Crippen molar-refractivity contribution >= 4 is 17.9 Å². The monoisotopic (exact) mass is 768 g/mol. The van der Waals surface area contributed by atoms with Crippen molar-refractivity contribution in [1.82, 2.24) is 40.8 Å². The topological polar surface area (TPSA) is 185 Å². The first-order valence-electron chi connectivity index (χ1n) is 19.6. The van der Waals surface area contributed by atoms with Crippen LogP contribution in [-0.2, 0) is 28.5 Å². The van der Waals surface area contributed by atoms with Gasteiger partial charge in [-0.05, 0) is 60.3 Å². The van der Waals surface area contributed by atoms with Crippen molar-refractivity contribution in [3.05, 3.63) is 72.6 Å². The number of amides is 3. The summed E-state index contributed by atoms with van der Waals surface area (Å²) in [5.41, 5.74) is 5.80. The van der Waals surface area contributed by atoms with Crippen molar-refractivity contribution in [2.75, 3.05) is 33.7 Å². The van der Waals surface area contributed by atoms with E-state index in [4.69, 9.17) is 23.9 Å². The van der Waals surface area contributed by atoms with Crippen molar-refractivity contribution in [3.8, 4) is 33.6 Å². The Morgan fingerprint density at radius 1 is 0.821 bits per heavy atom. The molecule has 0 unspecified atom stereocenters. The predicted molar refractivity (Wildman–Crippen MR) is 207 cm³/mol. The summed E-state index contributed by atoms with van der Waals surface area (Å²) in [6.07, 6.45) is 7.79. The third-order valence-electron chi connectivity index (χ3n) is 10.7. The highest BCUT2D eigenvalue weighted by Gasteiger charge is 2.38. The molecule has 56 heavy (non-hydrogen) atoms. The molecule has 4 aromatic rings. The fraction of sp³-hybridized carbons (Fsp3) is 0.488. The van der Waals surface area contributed by atoms with Crippen LogP contribution in [0, 0.1) is 5.92 Å². The van der Waals surface area contributed by atoms with E-state index in [0.717, 1.165) is 71.6 Å². The molecular weight excluding hydrogens is 716 g/mol. The fourth-order valence-corrected chi connectivity index (χ4v) is 7.47. The molecule has 0 radical (unpaired) electrons. The van der Waals surface area contributed by atoms with Gasteiger partial charge in [-0.3, -0.25) is 14.9 Å². The molecule has 0 spiro atoms. The largest absolute Gasteiger partial charge is 0.453 e. The molecule has 15 heteroatoms. The SMILES string of the molecule is COC(=O)N[C@@H]1CCCCCOCC[C@@H](c2ncc(-c3ccc(-c4ccc(-c5cnc([C@@H]6CCCN6C(=O)[C@@H](NC6OCO6)C(C)C)[nH]5)cc4)cc3)[nH]2)NC1=O. The number of benzene rings is 2. The number of hydrogen-bond donors (Lipinski definition) is 5. The number of methoxy groups -OCH3 is 1. The lowest BCUT2D eigenvalue weighted by atomic mass is 10.0. The first kappa shape index (κ1) is 39.2. The van der Waals surface area contributed by atoms with Crippen LogP contribution >= 0.6 is 0 Å². The Hall–Kier alpha value is -5.09. The van der Waals surface area contributed by atoms with Gasteiger partial charge in [0.1, 0.15) is 17.7 Å². The number of carbonyl (C=O) groups excluding carboxylic acids is 3. The first-order chi connectivity index (χ1) is 27.3. The van der Waals surface area contributed by atoms with Crippen LogP contribution < -0.4 is 16.0 Å². The maximum absolute atomic E-state index is 13.7. The molecule has 2 aromatic heterocycles. The minimum Gasteiger partial charge on any atom is -0.453 e. The minimum absolute atomic E-state index is 0.0300. The number of alkyl carbamates (subject to hydrolysis) is 1. The van der Waals surface area contributed by atoms with Gasteiger partial charge in [0.05, 0.1) is 49.0 Å². The van der Waals surface area contributed by atoms with E-state index in [2.05, 4.69) is 67.3 Å². The second-order valence-corrected chi connectivity index (χ2v) is 14.9. The Labute approximate surface area is 326 Å². The van der Waals surface area contributed by atoms with Crippen LogP contribution in [0.15, 0.2) is 60.9 Å². The summed E-state index contributed by atoms with van der Waals surface area (Å²) < 4.78 is 21.3. The molecule has 3 aliphatic rings. The smallest absolute Gasteiger partial charge is 0.407 e. The number of nitrogens with zero attached hydrogens (tertiary/aromatic N) is 3. The van der Waals surface area contributed by atoms with Crippen LogP contribution in [0.5, 0.6) is 0 Å². The van der Waals surface area contributed by atoms with E-state index in [1.54, 1.807) is 6.20 Å². The number of ether oxygens (including phenoxy) is 4. The zero-order chi connectivity index (χ0) is 39.0. The lowest BCUT2D eigenvalue weighted by Gasteiger charge is -2.35. The van der Waals surface area contributed by atoms with Gasteiger partial charge in [0.2, 0.25) is 18.2 Å². The Balaban J connectivity index is 0.993. The van der Waals surface area contributed by atoms with Crippen LogP contribution in [0.3, 0.4) is 0 Å². The Kier molecular flexibility index (Phi) is 12.8. The van der Waals surface area contributed by atoms with Crippen molar-refractivity contribution in [2.45, 2.75) is 89.4 Å². The standard InChI is InChI=1S/C41H52N8O7/c1-25(2)35(48-41-55-24-56-41)39(51)49-19-7-9-34(49)37-43-23-33(45-37)29-16-12-27(13-17-29)26-10-14-28(15-11-26)32-22-42-36(44-32)30-18-21-54-20-6-4-5-8-31(38(50)46-30)47-40(52)53-3/h10-17,22-23,25,30-31,34-35,41,48H,4-9,18-21,24H2,1-3H3,(H,42,44)(H,43,45)(H,46,50)(H,47,52)/t30-,31+,34-,35-/m0/s1. The molecule has 0 saturated carbocycles. The Morgan fingerprint density at radius 2 is 1.46 bits per heavy atom. The van der Waals surface area contributed by atoms with E-state index in [1.165, 1.54) is 7.11 Å². The van der Waals surface area contributed by atoms with Crippen molar-refractivity contribution in [2.24, 2.45) is 5.92 Å². The number of H-pyrrole nitrogens is 2. The first-order valence-corrected chi connectivity index (χ1v) is 19.6. The molecule has 0 bridgehead atoms. The van der Waals surface area contributed by atoms with Gasteiger partial charge in [-0.1, -0.05) is 75.2 Å². The normalized spacial score (nSPS) is 21.8. The van der Waals surface area contributed by atoms with Crippen LogP contribution in [0.1, 0.15) is 82.5 Å². The van der Waals surface area contributed by atoms with E-state index in [9.17, 15) is 14.4 Å². The minimum atomic E-state index is -0.701. The van der Waals surface area contributed by atoms with Gasteiger partial charge < -0.3 is 44.4 Å². The molecule has 0 aliphatic carbocycles. The summed E-state index contributed by atoms with van der Waals surface area (Å²) in [6.45, 7) is 6.07. The molecule has 3 fully saturated rings. The molecule has 2 aromatic carbocycles. The van der Waals surface area contributed by atoms with E-state index in [1.807, 2.05) is 37.1 Å². The van der Waals surface area contributed by atoms with Crippen LogP contribution in [-0.4, -0.2) is 94.9 Å². The molecule has 3 aliphatic heterocycles. The second kappa shape index (κ2) is 18.2. The summed E-state index contributed by atoms with van der Waals surface area (Å²) in [5, 5.41) is 8.93. The summed E-state index contributed by atoms with van der Waals surface area (Å²) in [7, 11) is 1.29. The molecule has 15 nitrogen and oxygen atoms in total. The summed E-state index contributed by atoms with van der Waals surface area (Å²) in [6, 6.07) is 14.9. The molecule has 5 N–H and O–H groups in total. The Bertz CT molecular complexity index is 1920. The molecule has 7 rings (SSSR count). The molecule has 3 amide bonds. The zero-order valence-electron chi connectivity index (χ0n) is 32.2. The fourth-order valence-electron chi connectivity index (χ4n) is 7.47. The van der Waals surface area contributed by atoms with E-state index in [0.29, 0.717) is 38.4 Å². The Morgan fingerprint density at radius 3 is 2.09 bits per heavy atom. The van der Waals surface area contributed by atoms with Gasteiger partial charge in [-0.15, -0.1) is 0 Å². The average Bonchev–Trinajstić information content (AvgIpc) is 3.99. The third-order valence-corrected chi connectivity index (χ3v) is 10.7. The summed E-state index contributed by atoms with van der Waals surface area (Å²) in [4.78, 5) is 57.1. The number of aromatic amines is 2. The molecule has 3 saturated heterocycles. The lowest BCUT2D eigenvalue weighted by Crippen LogP contribution is -2.56. The zero-order valence-corrected chi connectivity index (χ0v) is 32.2. The highest BCUT2D eigenvalue weighted by atomic mass is 16.9. The highest BCUT2D eigenvalue weighted by Crippen LogP contribution is 2.34. The molecule has 298 valence electrons. The lowest BCUT2D eigenvalue weighted by molar-refractivity contribution is -0.335. The highest BCUT2D eigenvalue weighted by molar-refractivity contribution is 5.86. The van der Waals surface area contributed by atoms with Crippen molar-refractivity contribution in [3.63, 3.8) is 0 Å². The average molecular weight is 769 g/mol. The van der Waals surface area contributed by atoms with Crippen molar-refractivity contribution < 1.29 is 33.3 Å². The maximum Gasteiger partial charge on any atom is 0.407 e. The number of nitrogens with one attached hydrogen (secondary N) is 5. The van der Waals surface area contributed by atoms with E-state index < -0.39 is 30.6 Å². The van der Waals surface area contributed by atoms with Crippen LogP contribution in [0.4, 0.5) is 4.79 Å². The van der Waals surface area contributed by atoms with Gasteiger partial charge in [0.25, 0.3) is 0 Å². The van der Waals surface area contributed by atoms with Crippen LogP contribution in [0.25, 0.3) is 33.6 Å². The third kappa shape index (κ3) is 9.29. The summed E-state index contributed by atoms with van der Waals surface area (Å²) >= 11 is 0. The van der Waals surface area contributed by atoms with Gasteiger partial charge in [0, 0.05) is 19.8 Å². The van der Waals surface area contributed by atoms with E-state index >= 15 is 0 Å². The number of carbonyl (C=O) groups is 3. The molecule has 4 atom stereocenters. The second-order valence-electron chi connectivity index (χ2n) is 14.9. The van der Waals surface area contributed by atoms with Crippen molar-refractivity contribution in [1.29, 1.82) is 0 Å².